The van der Waals surface area contributed by atoms with Gasteiger partial charge in [-0.25, -0.2) is 0 Å². The second kappa shape index (κ2) is 11.4. The van der Waals surface area contributed by atoms with Crippen molar-refractivity contribution in [3.63, 3.8) is 0 Å². The van der Waals surface area contributed by atoms with Crippen molar-refractivity contribution in [1.29, 1.82) is 0 Å². The fourth-order valence-electron chi connectivity index (χ4n) is 7.38. The highest BCUT2D eigenvalue weighted by molar-refractivity contribution is 5.92. The van der Waals surface area contributed by atoms with Crippen LogP contribution in [0.1, 0.15) is 22.6 Å². The Morgan fingerprint density at radius 1 is 0.255 bits per heavy atom. The molecule has 0 amide bonds. The molecule has 0 fully saturated rings. The molecule has 1 aliphatic rings. The van der Waals surface area contributed by atoms with Gasteiger partial charge in [0.2, 0.25) is 0 Å². The Morgan fingerprint density at radius 2 is 0.638 bits per heavy atom. The van der Waals surface area contributed by atoms with Gasteiger partial charge in [0.25, 0.3) is 0 Å². The van der Waals surface area contributed by atoms with Crippen LogP contribution in [0.25, 0.3) is 66.4 Å². The largest absolute Gasteiger partial charge is 0.0622 e. The van der Waals surface area contributed by atoms with Gasteiger partial charge in [-0.05, 0) is 113 Å². The van der Waals surface area contributed by atoms with E-state index in [2.05, 4.69) is 188 Å². The first-order chi connectivity index (χ1) is 23.3. The Labute approximate surface area is 276 Å². The molecule has 0 aromatic heterocycles. The molecule has 0 heteroatoms. The van der Waals surface area contributed by atoms with Crippen molar-refractivity contribution in [2.45, 2.75) is 5.92 Å². The lowest BCUT2D eigenvalue weighted by atomic mass is 9.88. The lowest BCUT2D eigenvalue weighted by Gasteiger charge is -2.15. The number of benzene rings is 8. The molecule has 0 spiro atoms. The third-order valence-corrected chi connectivity index (χ3v) is 9.73. The second-order valence-corrected chi connectivity index (χ2v) is 12.5. The molecule has 1 aliphatic carbocycles. The average molecular weight is 597 g/mol. The van der Waals surface area contributed by atoms with Crippen LogP contribution in [0.4, 0.5) is 0 Å². The molecule has 0 heterocycles. The van der Waals surface area contributed by atoms with Crippen LogP contribution in [0.3, 0.4) is 0 Å². The first-order valence-electron chi connectivity index (χ1n) is 16.4. The lowest BCUT2D eigenvalue weighted by Crippen LogP contribution is -1.98. The first-order valence-corrected chi connectivity index (χ1v) is 16.4. The third-order valence-electron chi connectivity index (χ3n) is 9.73. The van der Waals surface area contributed by atoms with Gasteiger partial charge in [-0.3, -0.25) is 0 Å². The Kier molecular flexibility index (Phi) is 6.65. The van der Waals surface area contributed by atoms with Crippen LogP contribution in [-0.2, 0) is 0 Å². The summed E-state index contributed by atoms with van der Waals surface area (Å²) in [5.41, 5.74) is 16.7. The highest BCUT2D eigenvalue weighted by Crippen LogP contribution is 2.48. The fraction of sp³-hybridized carbons (Fsp3) is 0.0213. The molecule has 0 bridgehead atoms. The van der Waals surface area contributed by atoms with Crippen LogP contribution < -0.4 is 0 Å². The van der Waals surface area contributed by atoms with Crippen molar-refractivity contribution in [2.24, 2.45) is 0 Å². The van der Waals surface area contributed by atoms with E-state index in [0.717, 1.165) is 0 Å². The molecule has 9 rings (SSSR count). The molecule has 8 aromatic carbocycles. The maximum absolute atomic E-state index is 2.33. The number of hydrogen-bond donors (Lipinski definition) is 0. The standard InChI is InChI=1S/C47H32/c1-3-11-32(12-4-1)40-29-41(33-13-5-2-6-14-33)31-42(30-40)39-26-25-37-27-36(23-24-38(37)28-39)34-19-21-35(22-20-34)47-45-17-9-7-15-43(45)44-16-8-10-18-46(44)47/h1-31,47H. The quantitative estimate of drug-likeness (QED) is 0.185. The molecule has 47 heavy (non-hydrogen) atoms. The molecule has 0 aliphatic heterocycles. The summed E-state index contributed by atoms with van der Waals surface area (Å²) in [7, 11) is 0. The second-order valence-electron chi connectivity index (χ2n) is 12.5. The molecule has 0 unspecified atom stereocenters. The maximum atomic E-state index is 2.33. The van der Waals surface area contributed by atoms with Gasteiger partial charge in [0.15, 0.2) is 0 Å². The van der Waals surface area contributed by atoms with Crippen molar-refractivity contribution >= 4 is 10.8 Å². The van der Waals surface area contributed by atoms with Crippen molar-refractivity contribution in [1.82, 2.24) is 0 Å². The van der Waals surface area contributed by atoms with Gasteiger partial charge in [0.05, 0.1) is 0 Å². The zero-order valence-electron chi connectivity index (χ0n) is 26.0. The Morgan fingerprint density at radius 3 is 1.15 bits per heavy atom. The van der Waals surface area contributed by atoms with Crippen LogP contribution in [0.2, 0.25) is 0 Å². The summed E-state index contributed by atoms with van der Waals surface area (Å²) in [4.78, 5) is 0. The van der Waals surface area contributed by atoms with E-state index in [4.69, 9.17) is 0 Å². The molecule has 0 radical (unpaired) electrons. The summed E-state index contributed by atoms with van der Waals surface area (Å²) in [6.45, 7) is 0. The van der Waals surface area contributed by atoms with Gasteiger partial charge in [0.1, 0.15) is 0 Å². The SMILES string of the molecule is c1ccc(-c2cc(-c3ccccc3)cc(-c3ccc4cc(-c5ccc(C6c7ccccc7-c7ccccc76)cc5)ccc4c3)c2)cc1. The zero-order chi connectivity index (χ0) is 31.2. The molecular formula is C47H32. The monoisotopic (exact) mass is 596 g/mol. The van der Waals surface area contributed by atoms with Crippen LogP contribution in [0, 0.1) is 0 Å². The first kappa shape index (κ1) is 27.3. The highest BCUT2D eigenvalue weighted by atomic mass is 14.3. The van der Waals surface area contributed by atoms with Gasteiger partial charge in [-0.15, -0.1) is 0 Å². The van der Waals surface area contributed by atoms with Crippen LogP contribution in [-0.4, -0.2) is 0 Å². The zero-order valence-corrected chi connectivity index (χ0v) is 26.0. The van der Waals surface area contributed by atoms with Crippen molar-refractivity contribution in [2.75, 3.05) is 0 Å². The summed E-state index contributed by atoms with van der Waals surface area (Å²) in [6, 6.07) is 68.9. The van der Waals surface area contributed by atoms with Crippen LogP contribution in [0.15, 0.2) is 188 Å². The predicted molar refractivity (Wildman–Crippen MR) is 199 cm³/mol. The molecule has 220 valence electrons. The van der Waals surface area contributed by atoms with Crippen molar-refractivity contribution < 1.29 is 0 Å². The Hall–Kier alpha value is -5.98. The summed E-state index contributed by atoms with van der Waals surface area (Å²) in [5.74, 6) is 0.272. The topological polar surface area (TPSA) is 0 Å². The van der Waals surface area contributed by atoms with Crippen molar-refractivity contribution in [3.05, 3.63) is 205 Å². The highest BCUT2D eigenvalue weighted by Gasteiger charge is 2.29. The maximum Gasteiger partial charge on any atom is 0.0352 e. The Balaban J connectivity index is 1.05. The minimum atomic E-state index is 0.272. The molecular weight excluding hydrogens is 565 g/mol. The minimum absolute atomic E-state index is 0.272. The predicted octanol–water partition coefficient (Wildman–Crippen LogP) is 12.7. The number of hydrogen-bond acceptors (Lipinski definition) is 0. The normalized spacial score (nSPS) is 12.2. The van der Waals surface area contributed by atoms with Crippen LogP contribution >= 0.6 is 0 Å². The lowest BCUT2D eigenvalue weighted by molar-refractivity contribution is 1.02. The van der Waals surface area contributed by atoms with Gasteiger partial charge >= 0.3 is 0 Å². The summed E-state index contributed by atoms with van der Waals surface area (Å²) in [5, 5.41) is 2.49. The average Bonchev–Trinajstić information content (AvgIpc) is 3.49. The van der Waals surface area contributed by atoms with Crippen LogP contribution in [0.5, 0.6) is 0 Å². The molecule has 0 N–H and O–H groups in total. The smallest absolute Gasteiger partial charge is 0.0352 e. The molecule has 0 nitrogen and oxygen atoms in total. The molecule has 0 saturated carbocycles. The van der Waals surface area contributed by atoms with Gasteiger partial charge < -0.3 is 0 Å². The van der Waals surface area contributed by atoms with Gasteiger partial charge in [-0.1, -0.05) is 158 Å². The van der Waals surface area contributed by atoms with E-state index in [1.807, 2.05) is 0 Å². The molecule has 0 saturated heterocycles. The molecule has 8 aromatic rings. The van der Waals surface area contributed by atoms with E-state index in [1.54, 1.807) is 0 Å². The molecule has 0 atom stereocenters. The van der Waals surface area contributed by atoms with E-state index in [-0.39, 0.29) is 5.92 Å². The summed E-state index contributed by atoms with van der Waals surface area (Å²) in [6.07, 6.45) is 0. The van der Waals surface area contributed by atoms with Gasteiger partial charge in [-0.2, -0.15) is 0 Å². The van der Waals surface area contributed by atoms with E-state index >= 15 is 0 Å². The fourth-order valence-corrected chi connectivity index (χ4v) is 7.38. The van der Waals surface area contributed by atoms with E-state index < -0.39 is 0 Å². The minimum Gasteiger partial charge on any atom is -0.0622 e. The number of rotatable bonds is 5. The van der Waals surface area contributed by atoms with Crippen molar-refractivity contribution in [3.8, 4) is 55.6 Å². The number of fused-ring (bicyclic) bond motifs is 4. The summed E-state index contributed by atoms with van der Waals surface area (Å²) >= 11 is 0. The third kappa shape index (κ3) is 4.96. The van der Waals surface area contributed by atoms with E-state index in [9.17, 15) is 0 Å². The summed E-state index contributed by atoms with van der Waals surface area (Å²) < 4.78 is 0. The van der Waals surface area contributed by atoms with E-state index in [0.29, 0.717) is 0 Å². The van der Waals surface area contributed by atoms with E-state index in [1.165, 1.54) is 83.1 Å². The van der Waals surface area contributed by atoms with Gasteiger partial charge in [0, 0.05) is 5.92 Å². The Bertz CT molecular complexity index is 2280.